The Kier molecular flexibility index (Phi) is 2.59. The summed E-state index contributed by atoms with van der Waals surface area (Å²) in [6.45, 7) is 0. The highest BCUT2D eigenvalue weighted by atomic mass is 19.3. The van der Waals surface area contributed by atoms with Gasteiger partial charge in [0.15, 0.2) is 5.82 Å². The normalized spacial score (nSPS) is 10.6. The summed E-state index contributed by atoms with van der Waals surface area (Å²) in [4.78, 5) is 13.7. The zero-order valence-corrected chi connectivity index (χ0v) is 6.80. The maximum Gasteiger partial charge on any atom is 0.283 e. The molecule has 1 amide bonds. The SMILES string of the molecule is NC(=O)c1cc(N)nc(C(F)F)c1F. The fourth-order valence-corrected chi connectivity index (χ4v) is 0.894. The van der Waals surface area contributed by atoms with Crippen LogP contribution in [-0.2, 0) is 0 Å². The number of amides is 1. The average Bonchev–Trinajstić information content (AvgIpc) is 2.07. The van der Waals surface area contributed by atoms with Gasteiger partial charge in [0.1, 0.15) is 11.5 Å². The van der Waals surface area contributed by atoms with Crippen molar-refractivity contribution >= 4 is 11.7 Å². The number of nitrogen functional groups attached to an aromatic ring is 1. The van der Waals surface area contributed by atoms with Crippen LogP contribution in [-0.4, -0.2) is 10.9 Å². The lowest BCUT2D eigenvalue weighted by Gasteiger charge is -2.05. The van der Waals surface area contributed by atoms with Crippen LogP contribution in [0.2, 0.25) is 0 Å². The van der Waals surface area contributed by atoms with E-state index in [-0.39, 0.29) is 5.82 Å². The van der Waals surface area contributed by atoms with Gasteiger partial charge in [-0.05, 0) is 6.07 Å². The van der Waals surface area contributed by atoms with E-state index in [0.717, 1.165) is 6.07 Å². The first kappa shape index (κ1) is 10.3. The van der Waals surface area contributed by atoms with Crippen molar-refractivity contribution in [1.82, 2.24) is 4.98 Å². The van der Waals surface area contributed by atoms with Gasteiger partial charge in [0, 0.05) is 0 Å². The number of rotatable bonds is 2. The number of aromatic nitrogens is 1. The second-order valence-corrected chi connectivity index (χ2v) is 2.46. The molecule has 0 aliphatic carbocycles. The van der Waals surface area contributed by atoms with Crippen molar-refractivity contribution in [3.63, 3.8) is 0 Å². The number of anilines is 1. The fraction of sp³-hybridized carbons (Fsp3) is 0.143. The average molecular weight is 205 g/mol. The number of primary amides is 1. The van der Waals surface area contributed by atoms with E-state index >= 15 is 0 Å². The molecule has 4 N–H and O–H groups in total. The molecule has 0 aliphatic rings. The van der Waals surface area contributed by atoms with Gasteiger partial charge in [-0.2, -0.15) is 0 Å². The van der Waals surface area contributed by atoms with Crippen LogP contribution >= 0.6 is 0 Å². The third kappa shape index (κ3) is 1.76. The molecule has 76 valence electrons. The molecule has 1 aromatic heterocycles. The number of carbonyl (C=O) groups excluding carboxylic acids is 1. The topological polar surface area (TPSA) is 82.0 Å². The molecule has 0 aromatic carbocycles. The first-order valence-corrected chi connectivity index (χ1v) is 3.47. The van der Waals surface area contributed by atoms with Crippen LogP contribution in [0, 0.1) is 5.82 Å². The highest BCUT2D eigenvalue weighted by molar-refractivity contribution is 5.93. The molecule has 0 atom stereocenters. The summed E-state index contributed by atoms with van der Waals surface area (Å²) in [5, 5.41) is 0. The third-order valence-electron chi connectivity index (χ3n) is 1.48. The maximum atomic E-state index is 13.1. The second kappa shape index (κ2) is 3.52. The largest absolute Gasteiger partial charge is 0.384 e. The summed E-state index contributed by atoms with van der Waals surface area (Å²) < 4.78 is 37.3. The first-order valence-electron chi connectivity index (χ1n) is 3.47. The lowest BCUT2D eigenvalue weighted by molar-refractivity contribution is 0.0994. The highest BCUT2D eigenvalue weighted by Gasteiger charge is 2.21. The van der Waals surface area contributed by atoms with Gasteiger partial charge in [0.05, 0.1) is 5.56 Å². The Labute approximate surface area is 76.7 Å². The highest BCUT2D eigenvalue weighted by Crippen LogP contribution is 2.23. The molecule has 14 heavy (non-hydrogen) atoms. The fourth-order valence-electron chi connectivity index (χ4n) is 0.894. The van der Waals surface area contributed by atoms with Crippen molar-refractivity contribution in [2.24, 2.45) is 5.73 Å². The number of hydrogen-bond donors (Lipinski definition) is 2. The molecule has 1 aromatic rings. The van der Waals surface area contributed by atoms with E-state index in [1.54, 1.807) is 0 Å². The first-order chi connectivity index (χ1) is 6.43. The van der Waals surface area contributed by atoms with Gasteiger partial charge in [0.25, 0.3) is 12.3 Å². The van der Waals surface area contributed by atoms with Gasteiger partial charge in [-0.15, -0.1) is 0 Å². The van der Waals surface area contributed by atoms with Crippen LogP contribution in [0.25, 0.3) is 0 Å². The molecule has 0 unspecified atom stereocenters. The molecular formula is C7H6F3N3O. The number of pyridine rings is 1. The van der Waals surface area contributed by atoms with Gasteiger partial charge in [-0.1, -0.05) is 0 Å². The van der Waals surface area contributed by atoms with Crippen LogP contribution in [0.5, 0.6) is 0 Å². The Hall–Kier alpha value is -1.79. The van der Waals surface area contributed by atoms with E-state index in [1.807, 2.05) is 0 Å². The lowest BCUT2D eigenvalue weighted by Crippen LogP contribution is -2.16. The van der Waals surface area contributed by atoms with Crippen molar-refractivity contribution in [2.45, 2.75) is 6.43 Å². The van der Waals surface area contributed by atoms with Crippen LogP contribution in [0.3, 0.4) is 0 Å². The molecule has 0 bridgehead atoms. The van der Waals surface area contributed by atoms with Gasteiger partial charge < -0.3 is 11.5 Å². The monoisotopic (exact) mass is 205 g/mol. The Bertz CT molecular complexity index is 381. The van der Waals surface area contributed by atoms with Crippen molar-refractivity contribution in [3.05, 3.63) is 23.1 Å². The minimum Gasteiger partial charge on any atom is -0.384 e. The summed E-state index contributed by atoms with van der Waals surface area (Å²) in [5.74, 6) is -2.98. The van der Waals surface area contributed by atoms with E-state index < -0.39 is 29.4 Å². The van der Waals surface area contributed by atoms with E-state index in [4.69, 9.17) is 11.5 Å². The molecule has 0 saturated heterocycles. The van der Waals surface area contributed by atoms with Gasteiger partial charge in [0.2, 0.25) is 0 Å². The van der Waals surface area contributed by atoms with Crippen LogP contribution in [0.15, 0.2) is 6.07 Å². The van der Waals surface area contributed by atoms with Gasteiger partial charge in [-0.25, -0.2) is 18.2 Å². The molecule has 1 rings (SSSR count). The molecule has 1 heterocycles. The van der Waals surface area contributed by atoms with Crippen molar-refractivity contribution in [3.8, 4) is 0 Å². The quantitative estimate of drug-likeness (QED) is 0.750. The number of halogens is 3. The Morgan fingerprint density at radius 2 is 2.07 bits per heavy atom. The Balaban J connectivity index is 3.40. The van der Waals surface area contributed by atoms with Crippen molar-refractivity contribution < 1.29 is 18.0 Å². The lowest BCUT2D eigenvalue weighted by atomic mass is 10.2. The third-order valence-corrected chi connectivity index (χ3v) is 1.48. The maximum absolute atomic E-state index is 13.1. The van der Waals surface area contributed by atoms with Crippen LogP contribution in [0.1, 0.15) is 22.5 Å². The predicted molar refractivity (Wildman–Crippen MR) is 42.1 cm³/mol. The summed E-state index contributed by atoms with van der Waals surface area (Å²) in [7, 11) is 0. The molecule has 0 spiro atoms. The number of hydrogen-bond acceptors (Lipinski definition) is 3. The molecule has 0 saturated carbocycles. The molecule has 7 heteroatoms. The summed E-state index contributed by atoms with van der Waals surface area (Å²) >= 11 is 0. The standard InChI is InChI=1S/C7H6F3N3O/c8-4-2(7(12)14)1-3(11)13-5(4)6(9)10/h1,6H,(H2,11,13)(H2,12,14). The van der Waals surface area contributed by atoms with Gasteiger partial charge in [-0.3, -0.25) is 4.79 Å². The summed E-state index contributed by atoms with van der Waals surface area (Å²) in [6.07, 6.45) is -3.14. The number of nitrogens with zero attached hydrogens (tertiary/aromatic N) is 1. The predicted octanol–water partition coefficient (Wildman–Crippen LogP) is 0.839. The molecular weight excluding hydrogens is 199 g/mol. The number of nitrogens with two attached hydrogens (primary N) is 2. The minimum absolute atomic E-state index is 0.379. The van der Waals surface area contributed by atoms with Crippen molar-refractivity contribution in [1.29, 1.82) is 0 Å². The zero-order valence-electron chi connectivity index (χ0n) is 6.80. The van der Waals surface area contributed by atoms with Crippen molar-refractivity contribution in [2.75, 3.05) is 5.73 Å². The second-order valence-electron chi connectivity index (χ2n) is 2.46. The van der Waals surface area contributed by atoms with Gasteiger partial charge >= 0.3 is 0 Å². The number of alkyl halides is 2. The Morgan fingerprint density at radius 1 is 1.50 bits per heavy atom. The van der Waals surface area contributed by atoms with Crippen LogP contribution in [0.4, 0.5) is 19.0 Å². The molecule has 4 nitrogen and oxygen atoms in total. The van der Waals surface area contributed by atoms with E-state index in [9.17, 15) is 18.0 Å². The van der Waals surface area contributed by atoms with Crippen LogP contribution < -0.4 is 11.5 Å². The smallest absolute Gasteiger partial charge is 0.283 e. The van der Waals surface area contributed by atoms with E-state index in [1.165, 1.54) is 0 Å². The summed E-state index contributed by atoms with van der Waals surface area (Å²) in [6, 6.07) is 0.809. The van der Waals surface area contributed by atoms with E-state index in [2.05, 4.69) is 4.98 Å². The van der Waals surface area contributed by atoms with E-state index in [0.29, 0.717) is 0 Å². The minimum atomic E-state index is -3.14. The molecule has 0 radical (unpaired) electrons. The molecule has 0 aliphatic heterocycles. The zero-order chi connectivity index (χ0) is 10.9. The number of carbonyl (C=O) groups is 1. The summed E-state index contributed by atoms with van der Waals surface area (Å²) in [5.41, 5.74) is 7.98. The Morgan fingerprint density at radius 3 is 2.50 bits per heavy atom. The molecule has 0 fully saturated rings.